The zero-order valence-electron chi connectivity index (χ0n) is 14.8. The molecular formula is C19H20ClFN4O2. The summed E-state index contributed by atoms with van der Waals surface area (Å²) in [4.78, 5) is 23.5. The number of ether oxygens (including phenoxy) is 1. The van der Waals surface area contributed by atoms with Gasteiger partial charge in [-0.2, -0.15) is 0 Å². The van der Waals surface area contributed by atoms with E-state index in [9.17, 15) is 9.18 Å². The van der Waals surface area contributed by atoms with Crippen LogP contribution < -0.4 is 15.0 Å². The summed E-state index contributed by atoms with van der Waals surface area (Å²) in [5.41, 5.74) is 0.766. The van der Waals surface area contributed by atoms with Crippen molar-refractivity contribution in [3.63, 3.8) is 0 Å². The first-order valence-electron chi connectivity index (χ1n) is 9.12. The third-order valence-corrected chi connectivity index (χ3v) is 5.16. The van der Waals surface area contributed by atoms with Crippen molar-refractivity contribution in [1.82, 2.24) is 15.3 Å². The molecule has 1 fully saturated rings. The fourth-order valence-corrected chi connectivity index (χ4v) is 3.69. The normalized spacial score (nSPS) is 19.2. The summed E-state index contributed by atoms with van der Waals surface area (Å²) in [5.74, 6) is 0.336. The molecule has 0 aliphatic carbocycles. The molecule has 1 aromatic heterocycles. The molecule has 1 amide bonds. The molecule has 0 unspecified atom stereocenters. The lowest BCUT2D eigenvalue weighted by atomic mass is 10.0. The lowest BCUT2D eigenvalue weighted by Crippen LogP contribution is -2.30. The van der Waals surface area contributed by atoms with Crippen LogP contribution in [0.5, 0.6) is 5.75 Å². The predicted octanol–water partition coefficient (Wildman–Crippen LogP) is 3.51. The monoisotopic (exact) mass is 390 g/mol. The van der Waals surface area contributed by atoms with E-state index >= 15 is 0 Å². The van der Waals surface area contributed by atoms with Gasteiger partial charge in [0.05, 0.1) is 23.9 Å². The molecule has 2 aromatic rings. The third-order valence-electron chi connectivity index (χ3n) is 4.88. The maximum absolute atomic E-state index is 13.7. The first-order valence-corrected chi connectivity index (χ1v) is 9.50. The molecule has 2 aliphatic rings. The first-order chi connectivity index (χ1) is 13.1. The van der Waals surface area contributed by atoms with E-state index in [1.807, 2.05) is 4.90 Å². The highest BCUT2D eigenvalue weighted by Crippen LogP contribution is 2.32. The zero-order valence-corrected chi connectivity index (χ0v) is 15.5. The van der Waals surface area contributed by atoms with Crippen LogP contribution in [0.4, 0.5) is 10.3 Å². The Kier molecular flexibility index (Phi) is 5.11. The minimum atomic E-state index is -0.398. The number of aromatic nitrogens is 2. The van der Waals surface area contributed by atoms with Crippen LogP contribution in [0.2, 0.25) is 5.02 Å². The summed E-state index contributed by atoms with van der Waals surface area (Å²) < 4.78 is 19.4. The number of carbonyl (C=O) groups excluding carboxylic acids is 1. The Hall–Kier alpha value is -2.41. The highest BCUT2D eigenvalue weighted by atomic mass is 35.5. The van der Waals surface area contributed by atoms with Crippen molar-refractivity contribution in [1.29, 1.82) is 0 Å². The van der Waals surface area contributed by atoms with Gasteiger partial charge in [0.2, 0.25) is 5.95 Å². The van der Waals surface area contributed by atoms with E-state index in [1.165, 1.54) is 18.3 Å². The molecule has 0 bridgehead atoms. The second-order valence-electron chi connectivity index (χ2n) is 6.76. The van der Waals surface area contributed by atoms with Crippen LogP contribution in [-0.4, -0.2) is 35.6 Å². The highest BCUT2D eigenvalue weighted by molar-refractivity contribution is 6.33. The second kappa shape index (κ2) is 7.68. The van der Waals surface area contributed by atoms with Crippen molar-refractivity contribution in [3.05, 3.63) is 46.5 Å². The van der Waals surface area contributed by atoms with Gasteiger partial charge in [0.15, 0.2) is 5.69 Å². The van der Waals surface area contributed by atoms with E-state index in [4.69, 9.17) is 16.3 Å². The van der Waals surface area contributed by atoms with E-state index in [0.717, 1.165) is 32.4 Å². The minimum Gasteiger partial charge on any atom is -0.493 e. The Morgan fingerprint density at radius 1 is 1.30 bits per heavy atom. The molecular weight excluding hydrogens is 371 g/mol. The van der Waals surface area contributed by atoms with Crippen LogP contribution in [0.1, 0.15) is 47.8 Å². The SMILES string of the molecule is O=C(N[C@H]1CCCOc2ccc(F)cc21)c1nc(N2CCCC2)ncc1Cl. The average molecular weight is 391 g/mol. The lowest BCUT2D eigenvalue weighted by molar-refractivity contribution is 0.0929. The van der Waals surface area contributed by atoms with E-state index in [0.29, 0.717) is 30.3 Å². The first kappa shape index (κ1) is 18.0. The topological polar surface area (TPSA) is 67.3 Å². The van der Waals surface area contributed by atoms with Crippen LogP contribution in [0.25, 0.3) is 0 Å². The summed E-state index contributed by atoms with van der Waals surface area (Å²) in [6.45, 7) is 2.27. The molecule has 1 saturated heterocycles. The van der Waals surface area contributed by atoms with Gasteiger partial charge in [-0.1, -0.05) is 11.6 Å². The number of rotatable bonds is 3. The van der Waals surface area contributed by atoms with E-state index in [2.05, 4.69) is 15.3 Å². The molecule has 0 spiro atoms. The Labute approximate surface area is 161 Å². The van der Waals surface area contributed by atoms with Crippen LogP contribution in [0.15, 0.2) is 24.4 Å². The molecule has 6 nitrogen and oxygen atoms in total. The highest BCUT2D eigenvalue weighted by Gasteiger charge is 2.25. The summed E-state index contributed by atoms with van der Waals surface area (Å²) in [6, 6.07) is 3.99. The van der Waals surface area contributed by atoms with Crippen LogP contribution in [0.3, 0.4) is 0 Å². The molecule has 3 heterocycles. The van der Waals surface area contributed by atoms with E-state index in [1.54, 1.807) is 6.07 Å². The molecule has 1 aromatic carbocycles. The molecule has 8 heteroatoms. The van der Waals surface area contributed by atoms with Gasteiger partial charge >= 0.3 is 0 Å². The van der Waals surface area contributed by atoms with Crippen LogP contribution in [-0.2, 0) is 0 Å². The van der Waals surface area contributed by atoms with Gasteiger partial charge in [0.1, 0.15) is 11.6 Å². The van der Waals surface area contributed by atoms with Gasteiger partial charge in [-0.15, -0.1) is 0 Å². The summed E-state index contributed by atoms with van der Waals surface area (Å²) in [7, 11) is 0. The largest absolute Gasteiger partial charge is 0.493 e. The molecule has 2 aliphatic heterocycles. The fraction of sp³-hybridized carbons (Fsp3) is 0.421. The third kappa shape index (κ3) is 3.83. The molecule has 27 heavy (non-hydrogen) atoms. The number of amides is 1. The number of benzene rings is 1. The van der Waals surface area contributed by atoms with Crippen molar-refractivity contribution >= 4 is 23.5 Å². The zero-order chi connectivity index (χ0) is 18.8. The summed E-state index contributed by atoms with van der Waals surface area (Å²) >= 11 is 6.18. The fourth-order valence-electron chi connectivity index (χ4n) is 3.51. The number of halogens is 2. The van der Waals surface area contributed by atoms with Gasteiger partial charge in [0.25, 0.3) is 5.91 Å². The Bertz CT molecular complexity index is 858. The van der Waals surface area contributed by atoms with E-state index < -0.39 is 5.91 Å². The number of hydrogen-bond donors (Lipinski definition) is 1. The van der Waals surface area contributed by atoms with Crippen LogP contribution >= 0.6 is 11.6 Å². The smallest absolute Gasteiger partial charge is 0.272 e. The Balaban J connectivity index is 1.59. The van der Waals surface area contributed by atoms with Gasteiger partial charge in [-0.05, 0) is 43.9 Å². The van der Waals surface area contributed by atoms with Gasteiger partial charge < -0.3 is 15.0 Å². The van der Waals surface area contributed by atoms with Crippen molar-refractivity contribution in [2.45, 2.75) is 31.7 Å². The quantitative estimate of drug-likeness (QED) is 0.868. The second-order valence-corrected chi connectivity index (χ2v) is 7.17. The number of hydrogen-bond acceptors (Lipinski definition) is 5. The maximum atomic E-state index is 13.7. The number of fused-ring (bicyclic) bond motifs is 1. The lowest BCUT2D eigenvalue weighted by Gasteiger charge is -2.20. The van der Waals surface area contributed by atoms with Crippen molar-refractivity contribution in [2.24, 2.45) is 0 Å². The number of anilines is 1. The van der Waals surface area contributed by atoms with Crippen molar-refractivity contribution < 1.29 is 13.9 Å². The molecule has 0 radical (unpaired) electrons. The van der Waals surface area contributed by atoms with Crippen molar-refractivity contribution in [3.8, 4) is 5.75 Å². The van der Waals surface area contributed by atoms with Crippen molar-refractivity contribution in [2.75, 3.05) is 24.6 Å². The summed E-state index contributed by atoms with van der Waals surface area (Å²) in [6.07, 6.45) is 5.01. The average Bonchev–Trinajstić information content (AvgIpc) is 3.13. The standard InChI is InChI=1S/C19H20ClFN4O2/c20-14-11-22-19(25-7-1-2-8-25)24-17(14)18(26)23-15-4-3-9-27-16-6-5-12(21)10-13(15)16/h5-6,10-11,15H,1-4,7-9H2,(H,23,26)/t15-/m0/s1. The maximum Gasteiger partial charge on any atom is 0.272 e. The predicted molar refractivity (Wildman–Crippen MR) is 99.8 cm³/mol. The van der Waals surface area contributed by atoms with Crippen LogP contribution in [0, 0.1) is 5.82 Å². The molecule has 1 atom stereocenters. The minimum absolute atomic E-state index is 0.136. The Morgan fingerprint density at radius 2 is 2.11 bits per heavy atom. The molecule has 4 rings (SSSR count). The molecule has 142 valence electrons. The van der Waals surface area contributed by atoms with Gasteiger partial charge in [-0.3, -0.25) is 4.79 Å². The Morgan fingerprint density at radius 3 is 2.93 bits per heavy atom. The van der Waals surface area contributed by atoms with Gasteiger partial charge in [0, 0.05) is 18.7 Å². The summed E-state index contributed by atoms with van der Waals surface area (Å²) in [5, 5.41) is 3.13. The van der Waals surface area contributed by atoms with E-state index in [-0.39, 0.29) is 22.6 Å². The van der Waals surface area contributed by atoms with Gasteiger partial charge in [-0.25, -0.2) is 14.4 Å². The number of carbonyl (C=O) groups is 1. The number of nitrogens with zero attached hydrogens (tertiary/aromatic N) is 3. The molecule has 1 N–H and O–H groups in total. The molecule has 0 saturated carbocycles. The number of nitrogens with one attached hydrogen (secondary N) is 1.